The van der Waals surface area contributed by atoms with Crippen molar-refractivity contribution in [2.24, 2.45) is 5.41 Å². The Morgan fingerprint density at radius 2 is 1.73 bits per heavy atom. The van der Waals surface area contributed by atoms with Crippen LogP contribution in [0.5, 0.6) is 0 Å². The number of anilines is 1. The molecule has 0 spiro atoms. The van der Waals surface area contributed by atoms with Crippen LogP contribution in [0.4, 0.5) is 5.69 Å². The number of hydrogen-bond acceptors (Lipinski definition) is 2. The van der Waals surface area contributed by atoms with Gasteiger partial charge in [0, 0.05) is 17.6 Å². The zero-order chi connectivity index (χ0) is 16.5. The predicted molar refractivity (Wildman–Crippen MR) is 88.7 cm³/mol. The fraction of sp³-hybridized carbons (Fsp3) is 0.556. The summed E-state index contributed by atoms with van der Waals surface area (Å²) in [5.41, 5.74) is 2.58. The first-order chi connectivity index (χ1) is 10.2. The molecule has 1 N–H and O–H groups in total. The quantitative estimate of drug-likeness (QED) is 0.911. The van der Waals surface area contributed by atoms with Crippen LogP contribution in [0.3, 0.4) is 0 Å². The van der Waals surface area contributed by atoms with Gasteiger partial charge >= 0.3 is 0 Å². The first kappa shape index (κ1) is 16.5. The molecular weight excluding hydrogens is 276 g/mol. The molecule has 120 valence electrons. The zero-order valence-corrected chi connectivity index (χ0v) is 14.2. The highest BCUT2D eigenvalue weighted by Gasteiger charge is 2.38. The zero-order valence-electron chi connectivity index (χ0n) is 14.2. The molecule has 1 heterocycles. The van der Waals surface area contributed by atoms with Gasteiger partial charge in [-0.3, -0.25) is 9.59 Å². The third-order valence-electron chi connectivity index (χ3n) is 3.95. The van der Waals surface area contributed by atoms with E-state index in [1.807, 2.05) is 46.8 Å². The predicted octanol–water partition coefficient (Wildman–Crippen LogP) is 3.28. The van der Waals surface area contributed by atoms with Gasteiger partial charge in [-0.15, -0.1) is 0 Å². The van der Waals surface area contributed by atoms with Gasteiger partial charge in [0.05, 0.1) is 0 Å². The molecule has 0 radical (unpaired) electrons. The number of rotatable bonds is 2. The van der Waals surface area contributed by atoms with Gasteiger partial charge in [0.25, 0.3) is 0 Å². The number of nitrogens with zero attached hydrogens (tertiary/aromatic N) is 1. The summed E-state index contributed by atoms with van der Waals surface area (Å²) in [7, 11) is 0. The van der Waals surface area contributed by atoms with Crippen molar-refractivity contribution in [3.05, 3.63) is 29.3 Å². The number of benzene rings is 1. The Morgan fingerprint density at radius 1 is 1.14 bits per heavy atom. The molecule has 1 aliphatic rings. The standard InChI is InChI=1S/C18H26N2O2/c1-12-9-13(2)11-14(10-12)19-16(21)15-7-6-8-20(15)17(22)18(3,4)5/h9-11,15H,6-8H2,1-5H3,(H,19,21)/t15-/m1/s1. The second kappa shape index (κ2) is 6.11. The van der Waals surface area contributed by atoms with Crippen LogP contribution >= 0.6 is 0 Å². The molecule has 1 aliphatic heterocycles. The third kappa shape index (κ3) is 3.67. The Hall–Kier alpha value is -1.84. The highest BCUT2D eigenvalue weighted by Crippen LogP contribution is 2.26. The van der Waals surface area contributed by atoms with E-state index >= 15 is 0 Å². The number of nitrogens with one attached hydrogen (secondary N) is 1. The molecule has 1 saturated heterocycles. The second-order valence-corrected chi connectivity index (χ2v) is 7.27. The van der Waals surface area contributed by atoms with Crippen LogP contribution in [0.2, 0.25) is 0 Å². The van der Waals surface area contributed by atoms with Gasteiger partial charge in [-0.05, 0) is 49.9 Å². The van der Waals surface area contributed by atoms with Gasteiger partial charge in [0.2, 0.25) is 11.8 Å². The van der Waals surface area contributed by atoms with E-state index in [1.165, 1.54) is 0 Å². The number of carbonyl (C=O) groups is 2. The monoisotopic (exact) mass is 302 g/mol. The van der Waals surface area contributed by atoms with Crippen LogP contribution in [-0.4, -0.2) is 29.3 Å². The molecule has 1 aromatic rings. The largest absolute Gasteiger partial charge is 0.330 e. The molecule has 2 amide bonds. The maximum absolute atomic E-state index is 12.6. The van der Waals surface area contributed by atoms with Crippen LogP contribution in [-0.2, 0) is 9.59 Å². The van der Waals surface area contributed by atoms with Gasteiger partial charge in [0.15, 0.2) is 0 Å². The van der Waals surface area contributed by atoms with E-state index in [-0.39, 0.29) is 17.9 Å². The second-order valence-electron chi connectivity index (χ2n) is 7.27. The number of carbonyl (C=O) groups excluding carboxylic acids is 2. The van der Waals surface area contributed by atoms with E-state index in [2.05, 4.69) is 11.4 Å². The number of likely N-dealkylation sites (tertiary alicyclic amines) is 1. The maximum atomic E-state index is 12.6. The molecule has 0 unspecified atom stereocenters. The minimum atomic E-state index is -0.456. The van der Waals surface area contributed by atoms with Gasteiger partial charge in [0.1, 0.15) is 6.04 Å². The molecular formula is C18H26N2O2. The van der Waals surface area contributed by atoms with Gasteiger partial charge in [-0.25, -0.2) is 0 Å². The summed E-state index contributed by atoms with van der Waals surface area (Å²) in [5.74, 6) is -0.0364. The first-order valence-corrected chi connectivity index (χ1v) is 7.89. The van der Waals surface area contributed by atoms with Crippen molar-refractivity contribution in [3.8, 4) is 0 Å². The Kier molecular flexibility index (Phi) is 4.59. The van der Waals surface area contributed by atoms with Gasteiger partial charge < -0.3 is 10.2 Å². The highest BCUT2D eigenvalue weighted by atomic mass is 16.2. The lowest BCUT2D eigenvalue weighted by Crippen LogP contribution is -2.47. The topological polar surface area (TPSA) is 49.4 Å². The molecule has 4 heteroatoms. The highest BCUT2D eigenvalue weighted by molar-refractivity contribution is 5.98. The number of aryl methyl sites for hydroxylation is 2. The minimum absolute atomic E-state index is 0.0468. The minimum Gasteiger partial charge on any atom is -0.330 e. The summed E-state index contributed by atoms with van der Waals surface area (Å²) in [6.07, 6.45) is 1.62. The number of amides is 2. The van der Waals surface area contributed by atoms with Gasteiger partial charge in [-0.2, -0.15) is 0 Å². The molecule has 1 atom stereocenters. The SMILES string of the molecule is Cc1cc(C)cc(NC(=O)[C@H]2CCCN2C(=O)C(C)(C)C)c1. The van der Waals surface area contributed by atoms with Crippen molar-refractivity contribution in [1.29, 1.82) is 0 Å². The molecule has 0 aromatic heterocycles. The third-order valence-corrected chi connectivity index (χ3v) is 3.95. The number of hydrogen-bond donors (Lipinski definition) is 1. The van der Waals surface area contributed by atoms with Crippen molar-refractivity contribution < 1.29 is 9.59 Å². The maximum Gasteiger partial charge on any atom is 0.247 e. The van der Waals surface area contributed by atoms with Crippen LogP contribution in [0.1, 0.15) is 44.7 Å². The summed E-state index contributed by atoms with van der Waals surface area (Å²) in [5, 5.41) is 2.97. The average Bonchev–Trinajstić information content (AvgIpc) is 2.84. The Labute approximate surface area is 132 Å². The van der Waals surface area contributed by atoms with E-state index in [4.69, 9.17) is 0 Å². The molecule has 1 aromatic carbocycles. The smallest absolute Gasteiger partial charge is 0.247 e. The normalized spacial score (nSPS) is 18.4. The molecule has 2 rings (SSSR count). The van der Waals surface area contributed by atoms with Crippen LogP contribution < -0.4 is 5.32 Å². The lowest BCUT2D eigenvalue weighted by Gasteiger charge is -2.30. The lowest BCUT2D eigenvalue weighted by molar-refractivity contribution is -0.143. The summed E-state index contributed by atoms with van der Waals surface area (Å²) >= 11 is 0. The molecule has 22 heavy (non-hydrogen) atoms. The Bertz CT molecular complexity index is 567. The summed E-state index contributed by atoms with van der Waals surface area (Å²) in [6, 6.07) is 5.62. The van der Waals surface area contributed by atoms with Crippen LogP contribution in [0.25, 0.3) is 0 Å². The van der Waals surface area contributed by atoms with E-state index in [1.54, 1.807) is 4.90 Å². The molecule has 0 aliphatic carbocycles. The Morgan fingerprint density at radius 3 is 2.27 bits per heavy atom. The first-order valence-electron chi connectivity index (χ1n) is 7.89. The summed E-state index contributed by atoms with van der Waals surface area (Å²) < 4.78 is 0. The van der Waals surface area contributed by atoms with Crippen molar-refractivity contribution in [1.82, 2.24) is 4.90 Å². The fourth-order valence-electron chi connectivity index (χ4n) is 2.99. The molecule has 4 nitrogen and oxygen atoms in total. The van der Waals surface area contributed by atoms with Crippen LogP contribution in [0, 0.1) is 19.3 Å². The fourth-order valence-corrected chi connectivity index (χ4v) is 2.99. The van der Waals surface area contributed by atoms with Crippen molar-refractivity contribution in [2.75, 3.05) is 11.9 Å². The van der Waals surface area contributed by atoms with E-state index in [0.717, 1.165) is 29.7 Å². The summed E-state index contributed by atoms with van der Waals surface area (Å²) in [6.45, 7) is 10.4. The summed E-state index contributed by atoms with van der Waals surface area (Å²) in [4.78, 5) is 26.8. The van der Waals surface area contributed by atoms with Gasteiger partial charge in [-0.1, -0.05) is 26.8 Å². The van der Waals surface area contributed by atoms with Crippen molar-refractivity contribution in [2.45, 2.75) is 53.5 Å². The molecule has 0 bridgehead atoms. The van der Waals surface area contributed by atoms with Crippen LogP contribution in [0.15, 0.2) is 18.2 Å². The van der Waals surface area contributed by atoms with Crippen molar-refractivity contribution >= 4 is 17.5 Å². The average molecular weight is 302 g/mol. The molecule has 1 fully saturated rings. The lowest BCUT2D eigenvalue weighted by atomic mass is 9.94. The van der Waals surface area contributed by atoms with E-state index < -0.39 is 5.41 Å². The van der Waals surface area contributed by atoms with Crippen molar-refractivity contribution in [3.63, 3.8) is 0 Å². The Balaban J connectivity index is 2.13. The van der Waals surface area contributed by atoms with E-state index in [0.29, 0.717) is 6.54 Å². The van der Waals surface area contributed by atoms with E-state index in [9.17, 15) is 9.59 Å². The molecule has 0 saturated carbocycles.